The highest BCUT2D eigenvalue weighted by atomic mass is 35.5. The maximum Gasteiger partial charge on any atom is 0.125 e. The molecule has 1 N–H and O–H groups in total. The summed E-state index contributed by atoms with van der Waals surface area (Å²) in [5.41, 5.74) is 3.50. The van der Waals surface area contributed by atoms with Crippen LogP contribution in [0.25, 0.3) is 0 Å². The fraction of sp³-hybridized carbons (Fsp3) is 0.400. The molecular weight excluding hydrogens is 410 g/mol. The Hall–Kier alpha value is -0.880. The number of benzene rings is 2. The van der Waals surface area contributed by atoms with E-state index in [2.05, 4.69) is 34.5 Å². The molecule has 0 radical (unpaired) electrons. The van der Waals surface area contributed by atoms with Gasteiger partial charge in [0.1, 0.15) is 5.82 Å². The number of ether oxygens (including phenoxy) is 1. The molecule has 3 nitrogen and oxygen atoms in total. The predicted octanol–water partition coefficient (Wildman–Crippen LogP) is 4.41. The number of nitrogens with zero attached hydrogens (tertiary/aromatic N) is 1. The van der Waals surface area contributed by atoms with E-state index >= 15 is 0 Å². The van der Waals surface area contributed by atoms with Crippen LogP contribution in [0, 0.1) is 5.82 Å². The Morgan fingerprint density at radius 2 is 1.85 bits per heavy atom. The van der Waals surface area contributed by atoms with Crippen LogP contribution in [0.5, 0.6) is 0 Å². The van der Waals surface area contributed by atoms with Gasteiger partial charge in [0.25, 0.3) is 0 Å². The fourth-order valence-corrected chi connectivity index (χ4v) is 4.22. The Kier molecular flexibility index (Phi) is 8.35. The van der Waals surface area contributed by atoms with E-state index in [0.29, 0.717) is 11.6 Å². The van der Waals surface area contributed by atoms with E-state index in [4.69, 9.17) is 16.3 Å². The molecule has 1 heterocycles. The highest BCUT2D eigenvalue weighted by Crippen LogP contribution is 2.38. The minimum Gasteiger partial charge on any atom is -0.371 e. The molecule has 0 aromatic heterocycles. The largest absolute Gasteiger partial charge is 0.371 e. The van der Waals surface area contributed by atoms with Gasteiger partial charge in [-0.2, -0.15) is 0 Å². The molecule has 2 aromatic rings. The van der Waals surface area contributed by atoms with Crippen molar-refractivity contribution in [3.05, 3.63) is 70.0 Å². The summed E-state index contributed by atoms with van der Waals surface area (Å²) in [6.45, 7) is 4.42. The first-order valence-corrected chi connectivity index (χ1v) is 9.17. The van der Waals surface area contributed by atoms with Crippen LogP contribution in [0.15, 0.2) is 42.5 Å². The average Bonchev–Trinajstić information content (AvgIpc) is 2.98. The lowest BCUT2D eigenvalue weighted by Gasteiger charge is -2.36. The zero-order chi connectivity index (χ0) is 17.2. The Balaban J connectivity index is 0.00000131. The van der Waals surface area contributed by atoms with Gasteiger partial charge in [0.2, 0.25) is 0 Å². The van der Waals surface area contributed by atoms with Crippen LogP contribution in [-0.2, 0) is 17.8 Å². The van der Waals surface area contributed by atoms with Gasteiger partial charge in [-0.25, -0.2) is 4.39 Å². The number of nitrogens with one attached hydrogen (secondary N) is 1. The molecule has 1 aliphatic carbocycles. The number of piperazine rings is 1. The summed E-state index contributed by atoms with van der Waals surface area (Å²) in [5.74, 6) is -0.320. The normalized spacial score (nSPS) is 21.9. The zero-order valence-corrected chi connectivity index (χ0v) is 17.3. The van der Waals surface area contributed by atoms with Gasteiger partial charge in [0, 0.05) is 37.6 Å². The molecular formula is C20H24Cl3FN2O. The van der Waals surface area contributed by atoms with Gasteiger partial charge >= 0.3 is 0 Å². The average molecular weight is 434 g/mol. The van der Waals surface area contributed by atoms with Gasteiger partial charge in [-0.05, 0) is 34.9 Å². The molecule has 0 spiro atoms. The van der Waals surface area contributed by atoms with Gasteiger partial charge in [0.05, 0.1) is 18.8 Å². The zero-order valence-electron chi connectivity index (χ0n) is 14.9. The molecule has 2 aliphatic rings. The first-order chi connectivity index (χ1) is 12.2. The van der Waals surface area contributed by atoms with Crippen LogP contribution in [0.4, 0.5) is 4.39 Å². The number of hydrogen-bond acceptors (Lipinski definition) is 3. The lowest BCUT2D eigenvalue weighted by Crippen LogP contribution is -2.47. The van der Waals surface area contributed by atoms with E-state index in [1.807, 2.05) is 0 Å². The van der Waals surface area contributed by atoms with Gasteiger partial charge in [-0.15, -0.1) is 24.8 Å². The van der Waals surface area contributed by atoms with Crippen LogP contribution < -0.4 is 5.32 Å². The number of halogens is 4. The van der Waals surface area contributed by atoms with Crippen LogP contribution in [-0.4, -0.2) is 37.2 Å². The van der Waals surface area contributed by atoms with Crippen molar-refractivity contribution in [2.45, 2.75) is 25.2 Å². The molecule has 1 fully saturated rings. The molecule has 0 bridgehead atoms. The highest BCUT2D eigenvalue weighted by molar-refractivity contribution is 6.30. The minimum atomic E-state index is -0.320. The summed E-state index contributed by atoms with van der Waals surface area (Å²) >= 11 is 5.96. The van der Waals surface area contributed by atoms with E-state index < -0.39 is 0 Å². The Morgan fingerprint density at radius 3 is 2.59 bits per heavy atom. The van der Waals surface area contributed by atoms with Crippen molar-refractivity contribution in [3.63, 3.8) is 0 Å². The van der Waals surface area contributed by atoms with Crippen molar-refractivity contribution < 1.29 is 9.13 Å². The molecule has 4 rings (SSSR count). The first kappa shape index (κ1) is 22.4. The van der Waals surface area contributed by atoms with Gasteiger partial charge < -0.3 is 10.1 Å². The van der Waals surface area contributed by atoms with Crippen molar-refractivity contribution in [2.24, 2.45) is 0 Å². The van der Waals surface area contributed by atoms with E-state index in [1.54, 1.807) is 6.07 Å². The van der Waals surface area contributed by atoms with Gasteiger partial charge in [-0.3, -0.25) is 4.90 Å². The summed E-state index contributed by atoms with van der Waals surface area (Å²) in [6.07, 6.45) is 0.978. The topological polar surface area (TPSA) is 24.5 Å². The second kappa shape index (κ2) is 10.1. The van der Waals surface area contributed by atoms with E-state index in [1.165, 1.54) is 23.3 Å². The lowest BCUT2D eigenvalue weighted by atomic mass is 10.1. The van der Waals surface area contributed by atoms with Crippen molar-refractivity contribution in [1.82, 2.24) is 10.2 Å². The molecule has 2 aromatic carbocycles. The smallest absolute Gasteiger partial charge is 0.125 e. The predicted molar refractivity (Wildman–Crippen MR) is 112 cm³/mol. The van der Waals surface area contributed by atoms with Gasteiger partial charge in [-0.1, -0.05) is 35.9 Å². The van der Waals surface area contributed by atoms with Crippen LogP contribution in [0.2, 0.25) is 5.02 Å². The van der Waals surface area contributed by atoms with E-state index in [0.717, 1.165) is 38.2 Å². The number of rotatable bonds is 4. The molecule has 27 heavy (non-hydrogen) atoms. The molecule has 1 saturated heterocycles. The number of fused-ring (bicyclic) bond motifs is 1. The van der Waals surface area contributed by atoms with Crippen molar-refractivity contribution >= 4 is 36.4 Å². The second-order valence-electron chi connectivity index (χ2n) is 6.76. The van der Waals surface area contributed by atoms with E-state index in [9.17, 15) is 4.39 Å². The Bertz CT molecular complexity index is 736. The van der Waals surface area contributed by atoms with Crippen LogP contribution in [0.3, 0.4) is 0 Å². The third-order valence-electron chi connectivity index (χ3n) is 5.08. The third-order valence-corrected chi connectivity index (χ3v) is 5.30. The fourth-order valence-electron chi connectivity index (χ4n) is 3.98. The van der Waals surface area contributed by atoms with Crippen LogP contribution in [0.1, 0.15) is 22.7 Å². The summed E-state index contributed by atoms with van der Waals surface area (Å²) in [7, 11) is 0. The summed E-state index contributed by atoms with van der Waals surface area (Å²) < 4.78 is 19.8. The standard InChI is InChI=1S/C20H22ClFN2O.2ClH/c21-16-9-14(10-17(22)12-16)13-25-19-11-15-3-1-2-4-18(15)20(19)24-7-5-23-6-8-24;;/h1-4,9-10,12,19-20,23H,5-8,11,13H2;2*1H. The molecule has 2 atom stereocenters. The summed E-state index contributed by atoms with van der Waals surface area (Å²) in [6, 6.07) is 13.4. The first-order valence-electron chi connectivity index (χ1n) is 8.80. The Labute approximate surface area is 177 Å². The van der Waals surface area contributed by atoms with Gasteiger partial charge in [0.15, 0.2) is 0 Å². The van der Waals surface area contributed by atoms with Crippen LogP contribution >= 0.6 is 36.4 Å². The molecule has 1 aliphatic heterocycles. The lowest BCUT2D eigenvalue weighted by molar-refractivity contribution is -0.0189. The maximum absolute atomic E-state index is 13.6. The quantitative estimate of drug-likeness (QED) is 0.773. The summed E-state index contributed by atoms with van der Waals surface area (Å²) in [5, 5.41) is 3.82. The molecule has 0 amide bonds. The van der Waals surface area contributed by atoms with E-state index in [-0.39, 0.29) is 42.8 Å². The monoisotopic (exact) mass is 432 g/mol. The van der Waals surface area contributed by atoms with Crippen molar-refractivity contribution in [2.75, 3.05) is 26.2 Å². The van der Waals surface area contributed by atoms with Crippen molar-refractivity contribution in [3.8, 4) is 0 Å². The highest BCUT2D eigenvalue weighted by Gasteiger charge is 2.37. The Morgan fingerprint density at radius 1 is 1.11 bits per heavy atom. The third kappa shape index (κ3) is 5.14. The second-order valence-corrected chi connectivity index (χ2v) is 7.20. The molecule has 0 saturated carbocycles. The molecule has 148 valence electrons. The molecule has 2 unspecified atom stereocenters. The maximum atomic E-state index is 13.6. The van der Waals surface area contributed by atoms with Crippen molar-refractivity contribution in [1.29, 1.82) is 0 Å². The minimum absolute atomic E-state index is 0. The summed E-state index contributed by atoms with van der Waals surface area (Å²) in [4.78, 5) is 2.51. The SMILES string of the molecule is Cl.Cl.Fc1cc(Cl)cc(COC2Cc3ccccc3C2N2CCNCC2)c1. The molecule has 7 heteroatoms. The number of hydrogen-bond donors (Lipinski definition) is 1.